The van der Waals surface area contributed by atoms with Gasteiger partial charge >= 0.3 is 0 Å². The lowest BCUT2D eigenvalue weighted by Gasteiger charge is -2.29. The van der Waals surface area contributed by atoms with Crippen LogP contribution >= 0.6 is 0 Å². The number of hydrogen-bond donors (Lipinski definition) is 2. The lowest BCUT2D eigenvalue weighted by atomic mass is 9.93. The maximum atomic E-state index is 3.72. The van der Waals surface area contributed by atoms with Gasteiger partial charge in [-0.2, -0.15) is 0 Å². The normalized spacial score (nSPS) is 30.9. The lowest BCUT2D eigenvalue weighted by Crippen LogP contribution is -2.35. The van der Waals surface area contributed by atoms with Crippen molar-refractivity contribution in [2.45, 2.75) is 51.1 Å². The van der Waals surface area contributed by atoms with Crippen LogP contribution in [0.3, 0.4) is 0 Å². The van der Waals surface area contributed by atoms with Gasteiger partial charge in [-0.15, -0.1) is 0 Å². The van der Waals surface area contributed by atoms with Crippen molar-refractivity contribution in [2.75, 3.05) is 33.2 Å². The molecule has 3 nitrogen and oxygen atoms in total. The molecule has 0 aromatic heterocycles. The lowest BCUT2D eigenvalue weighted by molar-refractivity contribution is 0.210. The molecule has 2 fully saturated rings. The van der Waals surface area contributed by atoms with Gasteiger partial charge in [-0.1, -0.05) is 0 Å². The second-order valence-electron chi connectivity index (χ2n) is 6.66. The predicted octanol–water partition coefficient (Wildman–Crippen LogP) is 1.45. The van der Waals surface area contributed by atoms with Crippen molar-refractivity contribution in [2.24, 2.45) is 5.92 Å². The van der Waals surface area contributed by atoms with E-state index in [2.05, 4.69) is 36.4 Å². The molecule has 0 aromatic rings. The van der Waals surface area contributed by atoms with Gasteiger partial charge in [-0.05, 0) is 72.1 Å². The molecule has 2 aliphatic rings. The standard InChI is InChI=1S/C14H29N3/c1-14(2)10-13(11-16-14)15-7-4-12-5-8-17(3)9-6-12/h12-13,15-16H,4-11H2,1-3H3. The second-order valence-corrected chi connectivity index (χ2v) is 6.66. The molecule has 1 unspecified atom stereocenters. The fourth-order valence-electron chi connectivity index (χ4n) is 3.15. The van der Waals surface area contributed by atoms with Gasteiger partial charge in [0, 0.05) is 18.1 Å². The fraction of sp³-hybridized carbons (Fsp3) is 1.00. The Morgan fingerprint density at radius 3 is 2.59 bits per heavy atom. The van der Waals surface area contributed by atoms with E-state index >= 15 is 0 Å². The summed E-state index contributed by atoms with van der Waals surface area (Å²) in [5.74, 6) is 0.959. The zero-order chi connectivity index (χ0) is 12.3. The van der Waals surface area contributed by atoms with E-state index in [4.69, 9.17) is 0 Å². The Morgan fingerprint density at radius 2 is 2.00 bits per heavy atom. The molecule has 2 N–H and O–H groups in total. The van der Waals surface area contributed by atoms with Gasteiger partial charge in [0.25, 0.3) is 0 Å². The zero-order valence-corrected chi connectivity index (χ0v) is 11.8. The molecule has 0 aromatic carbocycles. The molecule has 100 valence electrons. The summed E-state index contributed by atoms with van der Waals surface area (Å²) in [5.41, 5.74) is 0.339. The van der Waals surface area contributed by atoms with Gasteiger partial charge in [0.05, 0.1) is 0 Å². The number of nitrogens with zero attached hydrogens (tertiary/aromatic N) is 1. The van der Waals surface area contributed by atoms with Gasteiger partial charge in [0.1, 0.15) is 0 Å². The highest BCUT2D eigenvalue weighted by atomic mass is 15.1. The molecule has 0 aliphatic carbocycles. The summed E-state index contributed by atoms with van der Waals surface area (Å²) in [6, 6.07) is 0.691. The summed E-state index contributed by atoms with van der Waals surface area (Å²) in [7, 11) is 2.24. The SMILES string of the molecule is CN1CCC(CCNC2CNC(C)(C)C2)CC1. The molecule has 2 rings (SSSR count). The van der Waals surface area contributed by atoms with E-state index in [-0.39, 0.29) is 0 Å². The smallest absolute Gasteiger partial charge is 0.0210 e. The number of nitrogens with one attached hydrogen (secondary N) is 2. The molecule has 2 heterocycles. The first kappa shape index (κ1) is 13.3. The first-order chi connectivity index (χ1) is 8.05. The van der Waals surface area contributed by atoms with E-state index in [1.807, 2.05) is 0 Å². The molecular formula is C14H29N3. The predicted molar refractivity (Wildman–Crippen MR) is 73.3 cm³/mol. The summed E-state index contributed by atoms with van der Waals surface area (Å²) in [5, 5.41) is 7.29. The Bertz CT molecular complexity index is 232. The highest BCUT2D eigenvalue weighted by Crippen LogP contribution is 2.20. The molecule has 0 amide bonds. The molecule has 0 radical (unpaired) electrons. The maximum Gasteiger partial charge on any atom is 0.0210 e. The highest BCUT2D eigenvalue weighted by Gasteiger charge is 2.29. The van der Waals surface area contributed by atoms with Crippen LogP contribution in [0.5, 0.6) is 0 Å². The van der Waals surface area contributed by atoms with Crippen LogP contribution in [0.2, 0.25) is 0 Å². The largest absolute Gasteiger partial charge is 0.313 e. The minimum absolute atomic E-state index is 0.339. The van der Waals surface area contributed by atoms with Gasteiger partial charge in [0.2, 0.25) is 0 Å². The van der Waals surface area contributed by atoms with E-state index in [0.29, 0.717) is 11.6 Å². The van der Waals surface area contributed by atoms with Gasteiger partial charge in [0.15, 0.2) is 0 Å². The Balaban J connectivity index is 1.57. The zero-order valence-electron chi connectivity index (χ0n) is 11.8. The third-order valence-electron chi connectivity index (χ3n) is 4.41. The van der Waals surface area contributed by atoms with Crippen LogP contribution in [0.25, 0.3) is 0 Å². The molecule has 1 atom stereocenters. The van der Waals surface area contributed by atoms with Crippen molar-refractivity contribution >= 4 is 0 Å². The van der Waals surface area contributed by atoms with E-state index in [1.54, 1.807) is 0 Å². The average molecular weight is 239 g/mol. The van der Waals surface area contributed by atoms with E-state index in [1.165, 1.54) is 45.3 Å². The minimum Gasteiger partial charge on any atom is -0.313 e. The van der Waals surface area contributed by atoms with Crippen LogP contribution in [0, 0.1) is 5.92 Å². The summed E-state index contributed by atoms with van der Waals surface area (Å²) >= 11 is 0. The first-order valence-corrected chi connectivity index (χ1v) is 7.22. The van der Waals surface area contributed by atoms with Crippen LogP contribution < -0.4 is 10.6 Å². The van der Waals surface area contributed by atoms with Crippen LogP contribution in [-0.4, -0.2) is 49.7 Å². The van der Waals surface area contributed by atoms with Crippen molar-refractivity contribution < 1.29 is 0 Å². The number of hydrogen-bond acceptors (Lipinski definition) is 3. The Labute approximate surface area is 106 Å². The third kappa shape index (κ3) is 4.23. The highest BCUT2D eigenvalue weighted by molar-refractivity contribution is 4.93. The number of likely N-dealkylation sites (tertiary alicyclic amines) is 1. The molecule has 0 spiro atoms. The van der Waals surface area contributed by atoms with Gasteiger partial charge < -0.3 is 15.5 Å². The summed E-state index contributed by atoms with van der Waals surface area (Å²) in [6.07, 6.45) is 5.42. The molecule has 2 saturated heterocycles. The van der Waals surface area contributed by atoms with E-state index in [0.717, 1.165) is 12.5 Å². The van der Waals surface area contributed by atoms with Crippen LogP contribution in [0.15, 0.2) is 0 Å². The van der Waals surface area contributed by atoms with Crippen LogP contribution in [-0.2, 0) is 0 Å². The monoisotopic (exact) mass is 239 g/mol. The van der Waals surface area contributed by atoms with Crippen LogP contribution in [0.1, 0.15) is 39.5 Å². The Kier molecular flexibility index (Phi) is 4.45. The van der Waals surface area contributed by atoms with Gasteiger partial charge in [-0.25, -0.2) is 0 Å². The first-order valence-electron chi connectivity index (χ1n) is 7.22. The topological polar surface area (TPSA) is 27.3 Å². The fourth-order valence-corrected chi connectivity index (χ4v) is 3.15. The van der Waals surface area contributed by atoms with Crippen molar-refractivity contribution in [3.63, 3.8) is 0 Å². The van der Waals surface area contributed by atoms with E-state index in [9.17, 15) is 0 Å². The molecule has 17 heavy (non-hydrogen) atoms. The van der Waals surface area contributed by atoms with E-state index < -0.39 is 0 Å². The molecule has 3 heteroatoms. The number of rotatable bonds is 4. The second kappa shape index (κ2) is 5.68. The summed E-state index contributed by atoms with van der Waals surface area (Å²) < 4.78 is 0. The Hall–Kier alpha value is -0.120. The van der Waals surface area contributed by atoms with Crippen molar-refractivity contribution in [3.05, 3.63) is 0 Å². The number of piperidine rings is 1. The maximum absolute atomic E-state index is 3.72. The molecule has 0 saturated carbocycles. The van der Waals surface area contributed by atoms with Crippen molar-refractivity contribution in [1.29, 1.82) is 0 Å². The van der Waals surface area contributed by atoms with Gasteiger partial charge in [-0.3, -0.25) is 0 Å². The molecule has 2 aliphatic heterocycles. The van der Waals surface area contributed by atoms with Crippen molar-refractivity contribution in [1.82, 2.24) is 15.5 Å². The quantitative estimate of drug-likeness (QED) is 0.777. The summed E-state index contributed by atoms with van der Waals surface area (Å²) in [4.78, 5) is 2.45. The third-order valence-corrected chi connectivity index (χ3v) is 4.41. The molecular weight excluding hydrogens is 210 g/mol. The van der Waals surface area contributed by atoms with Crippen molar-refractivity contribution in [3.8, 4) is 0 Å². The van der Waals surface area contributed by atoms with Crippen LogP contribution in [0.4, 0.5) is 0 Å². The molecule has 0 bridgehead atoms. The summed E-state index contributed by atoms with van der Waals surface area (Å²) in [6.45, 7) is 9.53. The average Bonchev–Trinajstić information content (AvgIpc) is 2.61. The Morgan fingerprint density at radius 1 is 1.29 bits per heavy atom. The minimum atomic E-state index is 0.339.